The van der Waals surface area contributed by atoms with Crippen molar-refractivity contribution in [2.45, 2.75) is 26.9 Å². The predicted octanol–water partition coefficient (Wildman–Crippen LogP) is 3.88. The molecule has 0 aliphatic rings. The molecule has 6 heteroatoms. The summed E-state index contributed by atoms with van der Waals surface area (Å²) in [7, 11) is 1.52. The standard InChI is InChI=1S/C21H22N2O4/c1-12(2)27-15-7-5-6-14(10-15)22-21(25)16-11-17(24)19-13(3)8-9-18(26-4)20(19)23-16/h5-12H,1-4H3,(H,22,25)(H,23,24). The first-order valence-electron chi connectivity index (χ1n) is 8.67. The largest absolute Gasteiger partial charge is 0.495 e. The third kappa shape index (κ3) is 3.95. The average Bonchev–Trinajstić information content (AvgIpc) is 2.61. The van der Waals surface area contributed by atoms with Gasteiger partial charge in [0.05, 0.1) is 24.1 Å². The first-order valence-corrected chi connectivity index (χ1v) is 8.67. The van der Waals surface area contributed by atoms with Crippen LogP contribution in [0.15, 0.2) is 47.3 Å². The Hall–Kier alpha value is -3.28. The molecule has 0 spiro atoms. The number of H-pyrrole nitrogens is 1. The Morgan fingerprint density at radius 1 is 1.15 bits per heavy atom. The van der Waals surface area contributed by atoms with Crippen LogP contribution in [0, 0.1) is 6.92 Å². The average molecular weight is 366 g/mol. The summed E-state index contributed by atoms with van der Waals surface area (Å²) in [5, 5.41) is 3.30. The van der Waals surface area contributed by atoms with E-state index in [1.807, 2.05) is 32.9 Å². The Balaban J connectivity index is 1.96. The van der Waals surface area contributed by atoms with Gasteiger partial charge in [-0.25, -0.2) is 0 Å². The van der Waals surface area contributed by atoms with Crippen molar-refractivity contribution >= 4 is 22.5 Å². The molecule has 3 rings (SSSR count). The van der Waals surface area contributed by atoms with E-state index >= 15 is 0 Å². The number of hydrogen-bond donors (Lipinski definition) is 2. The van der Waals surface area contributed by atoms with Crippen LogP contribution in [0.1, 0.15) is 29.9 Å². The second kappa shape index (κ2) is 7.53. The van der Waals surface area contributed by atoms with E-state index in [0.717, 1.165) is 5.56 Å². The van der Waals surface area contributed by atoms with Crippen LogP contribution in [-0.2, 0) is 0 Å². The first kappa shape index (κ1) is 18.5. The summed E-state index contributed by atoms with van der Waals surface area (Å²) in [6.07, 6.45) is 0.0310. The van der Waals surface area contributed by atoms with E-state index in [0.29, 0.717) is 28.1 Å². The van der Waals surface area contributed by atoms with Crippen molar-refractivity contribution in [1.29, 1.82) is 0 Å². The number of benzene rings is 2. The highest BCUT2D eigenvalue weighted by molar-refractivity contribution is 6.04. The van der Waals surface area contributed by atoms with E-state index in [1.54, 1.807) is 24.3 Å². The maximum Gasteiger partial charge on any atom is 0.272 e. The minimum absolute atomic E-state index is 0.0310. The monoisotopic (exact) mass is 366 g/mol. The molecule has 2 N–H and O–H groups in total. The number of fused-ring (bicyclic) bond motifs is 1. The minimum Gasteiger partial charge on any atom is -0.495 e. The molecule has 3 aromatic rings. The molecule has 0 aliphatic heterocycles. The lowest BCUT2D eigenvalue weighted by Gasteiger charge is -2.12. The van der Waals surface area contributed by atoms with E-state index in [4.69, 9.17) is 9.47 Å². The van der Waals surface area contributed by atoms with Gasteiger partial charge in [0, 0.05) is 17.8 Å². The molecule has 0 saturated carbocycles. The van der Waals surface area contributed by atoms with Crippen LogP contribution in [-0.4, -0.2) is 24.1 Å². The number of pyridine rings is 1. The fraction of sp³-hybridized carbons (Fsp3) is 0.238. The molecule has 0 bridgehead atoms. The number of rotatable bonds is 5. The van der Waals surface area contributed by atoms with Crippen molar-refractivity contribution in [3.8, 4) is 11.5 Å². The molecule has 0 unspecified atom stereocenters. The number of aromatic nitrogens is 1. The van der Waals surface area contributed by atoms with Crippen molar-refractivity contribution in [2.24, 2.45) is 0 Å². The predicted molar refractivity (Wildman–Crippen MR) is 106 cm³/mol. The van der Waals surface area contributed by atoms with E-state index in [-0.39, 0.29) is 17.2 Å². The molecule has 2 aromatic carbocycles. The van der Waals surface area contributed by atoms with Gasteiger partial charge in [0.25, 0.3) is 5.91 Å². The molecule has 27 heavy (non-hydrogen) atoms. The Morgan fingerprint density at radius 3 is 2.63 bits per heavy atom. The number of ether oxygens (including phenoxy) is 2. The van der Waals surface area contributed by atoms with E-state index in [1.165, 1.54) is 13.2 Å². The van der Waals surface area contributed by atoms with E-state index < -0.39 is 5.91 Å². The van der Waals surface area contributed by atoms with E-state index in [9.17, 15) is 9.59 Å². The van der Waals surface area contributed by atoms with Crippen molar-refractivity contribution in [1.82, 2.24) is 4.98 Å². The Kier molecular flexibility index (Phi) is 5.16. The fourth-order valence-corrected chi connectivity index (χ4v) is 2.91. The lowest BCUT2D eigenvalue weighted by molar-refractivity contribution is 0.102. The van der Waals surface area contributed by atoms with Crippen LogP contribution in [0.25, 0.3) is 10.9 Å². The Labute approximate surface area is 157 Å². The molecule has 140 valence electrons. The van der Waals surface area contributed by atoms with Gasteiger partial charge in [0.1, 0.15) is 17.2 Å². The third-order valence-electron chi connectivity index (χ3n) is 4.09. The summed E-state index contributed by atoms with van der Waals surface area (Å²) in [5.41, 5.74) is 1.83. The zero-order valence-electron chi connectivity index (χ0n) is 15.8. The summed E-state index contributed by atoms with van der Waals surface area (Å²) in [5.74, 6) is 0.751. The van der Waals surface area contributed by atoms with Gasteiger partial charge in [0.2, 0.25) is 0 Å². The van der Waals surface area contributed by atoms with Crippen molar-refractivity contribution < 1.29 is 14.3 Å². The number of carbonyl (C=O) groups is 1. The van der Waals surface area contributed by atoms with Gasteiger partial charge in [-0.2, -0.15) is 0 Å². The van der Waals surface area contributed by atoms with Crippen LogP contribution >= 0.6 is 0 Å². The van der Waals surface area contributed by atoms with Gasteiger partial charge in [0.15, 0.2) is 5.43 Å². The number of aryl methyl sites for hydroxylation is 1. The number of hydrogen-bond acceptors (Lipinski definition) is 4. The van der Waals surface area contributed by atoms with E-state index in [2.05, 4.69) is 10.3 Å². The number of amides is 1. The molecule has 0 fully saturated rings. The summed E-state index contributed by atoms with van der Waals surface area (Å²) in [4.78, 5) is 28.2. The Morgan fingerprint density at radius 2 is 1.93 bits per heavy atom. The van der Waals surface area contributed by atoms with Gasteiger partial charge >= 0.3 is 0 Å². The molecule has 0 atom stereocenters. The lowest BCUT2D eigenvalue weighted by atomic mass is 10.1. The highest BCUT2D eigenvalue weighted by Gasteiger charge is 2.14. The fourth-order valence-electron chi connectivity index (χ4n) is 2.91. The molecule has 0 aliphatic carbocycles. The second-order valence-corrected chi connectivity index (χ2v) is 6.53. The van der Waals surface area contributed by atoms with Crippen molar-refractivity contribution in [2.75, 3.05) is 12.4 Å². The molecule has 1 aromatic heterocycles. The molecule has 0 radical (unpaired) electrons. The third-order valence-corrected chi connectivity index (χ3v) is 4.09. The molecular formula is C21H22N2O4. The molecule has 6 nitrogen and oxygen atoms in total. The van der Waals surface area contributed by atoms with Crippen molar-refractivity contribution in [3.05, 3.63) is 63.9 Å². The van der Waals surface area contributed by atoms with Crippen LogP contribution in [0.2, 0.25) is 0 Å². The number of methoxy groups -OCH3 is 1. The molecule has 1 amide bonds. The molecule has 0 saturated heterocycles. The van der Waals surface area contributed by atoms with Crippen LogP contribution in [0.3, 0.4) is 0 Å². The second-order valence-electron chi connectivity index (χ2n) is 6.53. The van der Waals surface area contributed by atoms with Crippen LogP contribution < -0.4 is 20.2 Å². The smallest absolute Gasteiger partial charge is 0.272 e. The molecule has 1 heterocycles. The zero-order valence-corrected chi connectivity index (χ0v) is 15.8. The van der Waals surface area contributed by atoms with Gasteiger partial charge in [-0.1, -0.05) is 12.1 Å². The molecular weight excluding hydrogens is 344 g/mol. The number of carbonyl (C=O) groups excluding carboxylic acids is 1. The SMILES string of the molecule is COc1ccc(C)c2c(=O)cc(C(=O)Nc3cccc(OC(C)C)c3)[nH]c12. The van der Waals surface area contributed by atoms with Gasteiger partial charge in [-0.3, -0.25) is 9.59 Å². The lowest BCUT2D eigenvalue weighted by Crippen LogP contribution is -2.18. The maximum atomic E-state index is 12.7. The quantitative estimate of drug-likeness (QED) is 0.718. The Bertz CT molecular complexity index is 1050. The normalized spacial score (nSPS) is 10.9. The number of nitrogens with one attached hydrogen (secondary N) is 2. The maximum absolute atomic E-state index is 12.7. The minimum atomic E-state index is -0.417. The van der Waals surface area contributed by atoms with Crippen LogP contribution in [0.4, 0.5) is 5.69 Å². The number of aromatic amines is 1. The summed E-state index contributed by atoms with van der Waals surface area (Å²) in [6.45, 7) is 5.71. The van der Waals surface area contributed by atoms with Gasteiger partial charge in [-0.05, 0) is 44.5 Å². The van der Waals surface area contributed by atoms with Crippen LogP contribution in [0.5, 0.6) is 11.5 Å². The van der Waals surface area contributed by atoms with Gasteiger partial charge in [-0.15, -0.1) is 0 Å². The summed E-state index contributed by atoms with van der Waals surface area (Å²) in [6, 6.07) is 12.0. The van der Waals surface area contributed by atoms with Gasteiger partial charge < -0.3 is 19.8 Å². The zero-order chi connectivity index (χ0) is 19.6. The number of anilines is 1. The summed E-state index contributed by atoms with van der Waals surface area (Å²) >= 11 is 0. The van der Waals surface area contributed by atoms with Crippen molar-refractivity contribution in [3.63, 3.8) is 0 Å². The highest BCUT2D eigenvalue weighted by Crippen LogP contribution is 2.25. The topological polar surface area (TPSA) is 80.4 Å². The summed E-state index contributed by atoms with van der Waals surface area (Å²) < 4.78 is 11.0. The highest BCUT2D eigenvalue weighted by atomic mass is 16.5. The first-order chi connectivity index (χ1) is 12.9.